The number of hydrogen-bond acceptors (Lipinski definition) is 4. The molecule has 19 heavy (non-hydrogen) atoms. The first-order valence-corrected chi connectivity index (χ1v) is 7.12. The van der Waals surface area contributed by atoms with Gasteiger partial charge in [-0.05, 0) is 38.4 Å². The van der Waals surface area contributed by atoms with Gasteiger partial charge in [-0.3, -0.25) is 0 Å². The molecule has 0 atom stereocenters. The van der Waals surface area contributed by atoms with Crippen molar-refractivity contribution in [2.75, 3.05) is 31.6 Å². The summed E-state index contributed by atoms with van der Waals surface area (Å²) in [6.45, 7) is 9.80. The molecule has 0 aromatic carbocycles. The van der Waals surface area contributed by atoms with Crippen molar-refractivity contribution in [1.29, 1.82) is 0 Å². The van der Waals surface area contributed by atoms with Crippen molar-refractivity contribution in [2.45, 2.75) is 39.8 Å². The first kappa shape index (κ1) is 15.9. The Morgan fingerprint density at radius 2 is 2.16 bits per heavy atom. The summed E-state index contributed by atoms with van der Waals surface area (Å²) in [5.41, 5.74) is 1.23. The van der Waals surface area contributed by atoms with Gasteiger partial charge in [0.15, 0.2) is 0 Å². The highest BCUT2D eigenvalue weighted by molar-refractivity contribution is 5.38. The Morgan fingerprint density at radius 1 is 1.37 bits per heavy atom. The highest BCUT2D eigenvalue weighted by Gasteiger charge is 2.03. The van der Waals surface area contributed by atoms with Crippen molar-refractivity contribution >= 4 is 5.82 Å². The van der Waals surface area contributed by atoms with E-state index < -0.39 is 0 Å². The summed E-state index contributed by atoms with van der Waals surface area (Å²) < 4.78 is 5.54. The largest absolute Gasteiger partial charge is 0.377 e. The molecule has 1 heterocycles. The van der Waals surface area contributed by atoms with E-state index >= 15 is 0 Å². The molecule has 0 fully saturated rings. The lowest BCUT2D eigenvalue weighted by Crippen LogP contribution is -2.24. The zero-order valence-electron chi connectivity index (χ0n) is 12.6. The van der Waals surface area contributed by atoms with E-state index in [0.717, 1.165) is 38.5 Å². The maximum atomic E-state index is 5.54. The summed E-state index contributed by atoms with van der Waals surface area (Å²) in [6, 6.07) is 4.20. The van der Waals surface area contributed by atoms with Crippen LogP contribution in [0.1, 0.15) is 32.8 Å². The molecule has 4 nitrogen and oxygen atoms in total. The Labute approximate surface area is 117 Å². The predicted molar refractivity (Wildman–Crippen MR) is 80.6 cm³/mol. The third kappa shape index (κ3) is 6.55. The first-order valence-electron chi connectivity index (χ1n) is 7.12. The average molecular weight is 265 g/mol. The van der Waals surface area contributed by atoms with Crippen LogP contribution >= 0.6 is 0 Å². The van der Waals surface area contributed by atoms with Crippen molar-refractivity contribution in [3.63, 3.8) is 0 Å². The van der Waals surface area contributed by atoms with Crippen LogP contribution < -0.4 is 10.2 Å². The summed E-state index contributed by atoms with van der Waals surface area (Å²) in [7, 11) is 2.04. The van der Waals surface area contributed by atoms with Crippen molar-refractivity contribution in [2.24, 2.45) is 0 Å². The van der Waals surface area contributed by atoms with Gasteiger partial charge in [0.1, 0.15) is 5.82 Å². The maximum absolute atomic E-state index is 5.54. The highest BCUT2D eigenvalue weighted by Crippen LogP contribution is 2.09. The Morgan fingerprint density at radius 3 is 2.74 bits per heavy atom. The van der Waals surface area contributed by atoms with Crippen LogP contribution in [0.15, 0.2) is 18.3 Å². The molecule has 0 aliphatic heterocycles. The number of anilines is 1. The van der Waals surface area contributed by atoms with Crippen LogP contribution in [-0.2, 0) is 11.3 Å². The van der Waals surface area contributed by atoms with Crippen LogP contribution in [0, 0.1) is 0 Å². The Bertz CT molecular complexity index is 338. The minimum atomic E-state index is 0.286. The van der Waals surface area contributed by atoms with E-state index in [2.05, 4.69) is 48.1 Å². The lowest BCUT2D eigenvalue weighted by Gasteiger charge is -2.19. The molecule has 1 N–H and O–H groups in total. The Kier molecular flexibility index (Phi) is 7.45. The molecule has 0 unspecified atom stereocenters. The molecule has 1 aromatic heterocycles. The zero-order valence-corrected chi connectivity index (χ0v) is 12.6. The molecule has 0 saturated heterocycles. The summed E-state index contributed by atoms with van der Waals surface area (Å²) in [4.78, 5) is 6.60. The van der Waals surface area contributed by atoms with E-state index in [9.17, 15) is 0 Å². The lowest BCUT2D eigenvalue weighted by molar-refractivity contribution is 0.0845. The Balaban J connectivity index is 2.37. The zero-order chi connectivity index (χ0) is 14.1. The number of pyridine rings is 1. The van der Waals surface area contributed by atoms with E-state index in [1.807, 2.05) is 13.2 Å². The van der Waals surface area contributed by atoms with Gasteiger partial charge in [-0.1, -0.05) is 13.0 Å². The van der Waals surface area contributed by atoms with Crippen LogP contribution in [0.4, 0.5) is 5.82 Å². The SMILES string of the molecule is CCCNCc1ccc(N(C)CCOC(C)C)nc1. The summed E-state index contributed by atoms with van der Waals surface area (Å²) in [5.74, 6) is 0.992. The van der Waals surface area contributed by atoms with Crippen molar-refractivity contribution in [3.8, 4) is 0 Å². The number of nitrogens with one attached hydrogen (secondary N) is 1. The third-order valence-corrected chi connectivity index (χ3v) is 2.83. The van der Waals surface area contributed by atoms with Gasteiger partial charge in [0.2, 0.25) is 0 Å². The van der Waals surface area contributed by atoms with Crippen molar-refractivity contribution in [1.82, 2.24) is 10.3 Å². The smallest absolute Gasteiger partial charge is 0.128 e. The topological polar surface area (TPSA) is 37.4 Å². The van der Waals surface area contributed by atoms with Gasteiger partial charge in [0.05, 0.1) is 12.7 Å². The van der Waals surface area contributed by atoms with Gasteiger partial charge in [0.25, 0.3) is 0 Å². The second-order valence-corrected chi connectivity index (χ2v) is 5.04. The van der Waals surface area contributed by atoms with Crippen LogP contribution in [0.25, 0.3) is 0 Å². The summed E-state index contributed by atoms with van der Waals surface area (Å²) in [5, 5.41) is 3.37. The van der Waals surface area contributed by atoms with Gasteiger partial charge in [-0.15, -0.1) is 0 Å². The molecule has 4 heteroatoms. The number of aromatic nitrogens is 1. The monoisotopic (exact) mass is 265 g/mol. The fourth-order valence-electron chi connectivity index (χ4n) is 1.70. The molecule has 108 valence electrons. The standard InChI is InChI=1S/C15H27N3O/c1-5-8-16-11-14-6-7-15(17-12-14)18(4)9-10-19-13(2)3/h6-7,12-13,16H,5,8-11H2,1-4H3. The quantitative estimate of drug-likeness (QED) is 0.696. The van der Waals surface area contributed by atoms with Crippen molar-refractivity contribution in [3.05, 3.63) is 23.9 Å². The molecule has 1 aromatic rings. The van der Waals surface area contributed by atoms with Crippen LogP contribution in [0.3, 0.4) is 0 Å². The average Bonchev–Trinajstić information content (AvgIpc) is 2.39. The molecular formula is C15H27N3O. The predicted octanol–water partition coefficient (Wildman–Crippen LogP) is 2.44. The van der Waals surface area contributed by atoms with Gasteiger partial charge in [0, 0.05) is 26.3 Å². The maximum Gasteiger partial charge on any atom is 0.128 e. The van der Waals surface area contributed by atoms with Crippen LogP contribution in [0.2, 0.25) is 0 Å². The fourth-order valence-corrected chi connectivity index (χ4v) is 1.70. The molecule has 0 amide bonds. The van der Waals surface area contributed by atoms with Gasteiger partial charge < -0.3 is 15.0 Å². The molecule has 0 aliphatic rings. The second-order valence-electron chi connectivity index (χ2n) is 5.04. The number of hydrogen-bond donors (Lipinski definition) is 1. The number of rotatable bonds is 9. The minimum absolute atomic E-state index is 0.286. The minimum Gasteiger partial charge on any atom is -0.377 e. The van der Waals surface area contributed by atoms with E-state index in [-0.39, 0.29) is 6.10 Å². The number of ether oxygens (including phenoxy) is 1. The summed E-state index contributed by atoms with van der Waals surface area (Å²) in [6.07, 6.45) is 3.38. The van der Waals surface area contributed by atoms with Crippen LogP contribution in [0.5, 0.6) is 0 Å². The summed E-state index contributed by atoms with van der Waals surface area (Å²) >= 11 is 0. The normalized spacial score (nSPS) is 11.0. The Hall–Kier alpha value is -1.13. The molecule has 0 radical (unpaired) electrons. The van der Waals surface area contributed by atoms with Crippen molar-refractivity contribution < 1.29 is 4.74 Å². The molecular weight excluding hydrogens is 238 g/mol. The molecule has 1 rings (SSSR count). The fraction of sp³-hybridized carbons (Fsp3) is 0.667. The van der Waals surface area contributed by atoms with Gasteiger partial charge in [-0.25, -0.2) is 4.98 Å². The van der Waals surface area contributed by atoms with Gasteiger partial charge >= 0.3 is 0 Å². The lowest BCUT2D eigenvalue weighted by atomic mass is 10.2. The van der Waals surface area contributed by atoms with Gasteiger partial charge in [-0.2, -0.15) is 0 Å². The third-order valence-electron chi connectivity index (χ3n) is 2.83. The number of likely N-dealkylation sites (N-methyl/N-ethyl adjacent to an activating group) is 1. The van der Waals surface area contributed by atoms with Crippen LogP contribution in [-0.4, -0.2) is 37.8 Å². The second kappa shape index (κ2) is 8.88. The molecule has 0 aliphatic carbocycles. The van der Waals surface area contributed by atoms with E-state index in [1.165, 1.54) is 5.56 Å². The highest BCUT2D eigenvalue weighted by atomic mass is 16.5. The first-order chi connectivity index (χ1) is 9.13. The molecule has 0 spiro atoms. The van der Waals surface area contributed by atoms with E-state index in [4.69, 9.17) is 4.74 Å². The molecule has 0 bridgehead atoms. The molecule has 0 saturated carbocycles. The van der Waals surface area contributed by atoms with E-state index in [1.54, 1.807) is 0 Å². The van der Waals surface area contributed by atoms with E-state index in [0.29, 0.717) is 0 Å². The number of nitrogens with zero attached hydrogens (tertiary/aromatic N) is 2.